The van der Waals surface area contributed by atoms with Crippen LogP contribution in [0.1, 0.15) is 5.56 Å². The minimum Gasteiger partial charge on any atom is -0.288 e. The predicted octanol–water partition coefficient (Wildman–Crippen LogP) is 1.69. The molecule has 1 aromatic rings. The van der Waals surface area contributed by atoms with Gasteiger partial charge in [-0.25, -0.2) is 0 Å². The zero-order chi connectivity index (χ0) is 7.94. The molecule has 0 atom stereocenters. The Morgan fingerprint density at radius 3 is 2.82 bits per heavy atom. The molecule has 0 saturated carbocycles. The molecule has 0 fully saturated rings. The van der Waals surface area contributed by atoms with Crippen LogP contribution in [0.2, 0.25) is 0 Å². The van der Waals surface area contributed by atoms with Crippen LogP contribution in [0.5, 0.6) is 0 Å². The van der Waals surface area contributed by atoms with Crippen LogP contribution in [-0.4, -0.2) is 17.7 Å². The summed E-state index contributed by atoms with van der Waals surface area (Å²) >= 11 is 0. The van der Waals surface area contributed by atoms with Crippen molar-refractivity contribution in [3.05, 3.63) is 42.7 Å². The summed E-state index contributed by atoms with van der Waals surface area (Å²) in [4.78, 5) is 7.98. The molecule has 1 aromatic heterocycles. The molecule has 1 heterocycles. The number of aromatic nitrogens is 1. The molecule has 0 aromatic carbocycles. The lowest BCUT2D eigenvalue weighted by Crippen LogP contribution is -1.81. The molecule has 0 unspecified atom stereocenters. The Labute approximate surface area is 66.3 Å². The highest BCUT2D eigenvalue weighted by atomic mass is 14.7. The first kappa shape index (κ1) is 7.66. The molecule has 0 amide bonds. The van der Waals surface area contributed by atoms with Gasteiger partial charge in [0.15, 0.2) is 0 Å². The summed E-state index contributed by atoms with van der Waals surface area (Å²) in [6.07, 6.45) is 7.06. The van der Waals surface area contributed by atoms with Crippen molar-refractivity contribution < 1.29 is 0 Å². The van der Waals surface area contributed by atoms with E-state index in [0.717, 1.165) is 5.56 Å². The van der Waals surface area contributed by atoms with Crippen LogP contribution in [0.4, 0.5) is 0 Å². The maximum atomic E-state index is 4.09. The van der Waals surface area contributed by atoms with Gasteiger partial charge in [0.2, 0.25) is 0 Å². The van der Waals surface area contributed by atoms with Gasteiger partial charge < -0.3 is 0 Å². The van der Waals surface area contributed by atoms with Gasteiger partial charge in [-0.1, -0.05) is 6.08 Å². The third-order valence-electron chi connectivity index (χ3n) is 1.18. The maximum Gasteiger partial charge on any atom is 0.0567 e. The van der Waals surface area contributed by atoms with E-state index in [1.54, 1.807) is 18.5 Å². The van der Waals surface area contributed by atoms with E-state index in [1.165, 1.54) is 0 Å². The lowest BCUT2D eigenvalue weighted by atomic mass is 10.3. The normalized spacial score (nSPS) is 10.2. The fourth-order valence-corrected chi connectivity index (χ4v) is 0.682. The Balaban J connectivity index is 2.57. The Bertz CT molecular complexity index is 239. The number of aliphatic imine (C=N–C) groups is 1. The van der Waals surface area contributed by atoms with Crippen LogP contribution in [0.3, 0.4) is 0 Å². The van der Waals surface area contributed by atoms with Crippen molar-refractivity contribution in [2.45, 2.75) is 0 Å². The van der Waals surface area contributed by atoms with Gasteiger partial charge in [-0.3, -0.25) is 9.98 Å². The number of pyridine rings is 1. The molecule has 2 heteroatoms. The monoisotopic (exact) mass is 146 g/mol. The summed E-state index contributed by atoms with van der Waals surface area (Å²) in [7, 11) is 0. The topological polar surface area (TPSA) is 25.2 Å². The summed E-state index contributed by atoms with van der Waals surface area (Å²) in [6.45, 7) is 4.23. The molecule has 0 aliphatic heterocycles. The van der Waals surface area contributed by atoms with Crippen molar-refractivity contribution in [3.8, 4) is 0 Å². The third-order valence-corrected chi connectivity index (χ3v) is 1.18. The largest absolute Gasteiger partial charge is 0.288 e. The van der Waals surface area contributed by atoms with Gasteiger partial charge in [-0.05, 0) is 17.7 Å². The lowest BCUT2D eigenvalue weighted by molar-refractivity contribution is 1.26. The van der Waals surface area contributed by atoms with Gasteiger partial charge in [0.25, 0.3) is 0 Å². The van der Waals surface area contributed by atoms with E-state index in [-0.39, 0.29) is 0 Å². The first-order chi connectivity index (χ1) is 5.43. The van der Waals surface area contributed by atoms with Gasteiger partial charge in [0.05, 0.1) is 6.54 Å². The fraction of sp³-hybridized carbons (Fsp3) is 0.111. The van der Waals surface area contributed by atoms with Gasteiger partial charge in [0.1, 0.15) is 0 Å². The first-order valence-electron chi connectivity index (χ1n) is 3.44. The summed E-state index contributed by atoms with van der Waals surface area (Å²) in [5.74, 6) is 0. The summed E-state index contributed by atoms with van der Waals surface area (Å²) < 4.78 is 0. The average molecular weight is 146 g/mol. The third kappa shape index (κ3) is 2.76. The van der Waals surface area contributed by atoms with E-state index in [1.807, 2.05) is 18.3 Å². The predicted molar refractivity (Wildman–Crippen MR) is 46.9 cm³/mol. The molecule has 0 radical (unpaired) electrons. The van der Waals surface area contributed by atoms with Crippen molar-refractivity contribution in [2.75, 3.05) is 6.54 Å². The molecule has 0 aliphatic carbocycles. The SMILES string of the molecule is C=CCN=Cc1ccncc1. The molecular weight excluding hydrogens is 136 g/mol. The molecule has 0 saturated heterocycles. The van der Waals surface area contributed by atoms with Crippen LogP contribution in [0.25, 0.3) is 0 Å². The molecule has 0 aliphatic rings. The summed E-state index contributed by atoms with van der Waals surface area (Å²) in [6, 6.07) is 3.82. The first-order valence-corrected chi connectivity index (χ1v) is 3.44. The smallest absolute Gasteiger partial charge is 0.0567 e. The van der Waals surface area contributed by atoms with Crippen LogP contribution < -0.4 is 0 Å². The second kappa shape index (κ2) is 4.39. The van der Waals surface area contributed by atoms with Crippen molar-refractivity contribution >= 4 is 6.21 Å². The average Bonchev–Trinajstić information content (AvgIpc) is 2.07. The van der Waals surface area contributed by atoms with Crippen LogP contribution >= 0.6 is 0 Å². The van der Waals surface area contributed by atoms with Crippen LogP contribution in [-0.2, 0) is 0 Å². The van der Waals surface area contributed by atoms with Gasteiger partial charge >= 0.3 is 0 Å². The van der Waals surface area contributed by atoms with E-state index in [9.17, 15) is 0 Å². The van der Waals surface area contributed by atoms with Gasteiger partial charge in [-0.15, -0.1) is 6.58 Å². The second-order valence-electron chi connectivity index (χ2n) is 2.06. The second-order valence-corrected chi connectivity index (χ2v) is 2.06. The van der Waals surface area contributed by atoms with Crippen molar-refractivity contribution in [2.24, 2.45) is 4.99 Å². The van der Waals surface area contributed by atoms with E-state index in [0.29, 0.717) is 6.54 Å². The molecule has 2 nitrogen and oxygen atoms in total. The summed E-state index contributed by atoms with van der Waals surface area (Å²) in [5.41, 5.74) is 1.07. The number of hydrogen-bond acceptors (Lipinski definition) is 2. The Morgan fingerprint density at radius 2 is 2.18 bits per heavy atom. The van der Waals surface area contributed by atoms with Crippen molar-refractivity contribution in [1.29, 1.82) is 0 Å². The van der Waals surface area contributed by atoms with E-state index >= 15 is 0 Å². The Kier molecular flexibility index (Phi) is 3.06. The van der Waals surface area contributed by atoms with Crippen LogP contribution in [0.15, 0.2) is 42.2 Å². The highest BCUT2D eigenvalue weighted by Gasteiger charge is 1.81. The highest BCUT2D eigenvalue weighted by Crippen LogP contribution is 1.90. The summed E-state index contributed by atoms with van der Waals surface area (Å²) in [5, 5.41) is 0. The molecule has 0 spiro atoms. The molecule has 11 heavy (non-hydrogen) atoms. The van der Waals surface area contributed by atoms with E-state index in [2.05, 4.69) is 16.6 Å². The molecule has 56 valence electrons. The lowest BCUT2D eigenvalue weighted by Gasteiger charge is -1.87. The standard InChI is InChI=1S/C9H10N2/c1-2-5-11-8-9-3-6-10-7-4-9/h2-4,6-8H,1,5H2. The van der Waals surface area contributed by atoms with Crippen LogP contribution in [0, 0.1) is 0 Å². The molecule has 0 N–H and O–H groups in total. The van der Waals surface area contributed by atoms with Crippen molar-refractivity contribution in [3.63, 3.8) is 0 Å². The van der Waals surface area contributed by atoms with E-state index < -0.39 is 0 Å². The molecule has 0 bridgehead atoms. The number of hydrogen-bond donors (Lipinski definition) is 0. The number of nitrogens with zero attached hydrogens (tertiary/aromatic N) is 2. The zero-order valence-corrected chi connectivity index (χ0v) is 6.27. The van der Waals surface area contributed by atoms with E-state index in [4.69, 9.17) is 0 Å². The fourth-order valence-electron chi connectivity index (χ4n) is 0.682. The Hall–Kier alpha value is -1.44. The minimum absolute atomic E-state index is 0.669. The maximum absolute atomic E-state index is 4.09. The zero-order valence-electron chi connectivity index (χ0n) is 6.27. The van der Waals surface area contributed by atoms with Crippen molar-refractivity contribution in [1.82, 2.24) is 4.98 Å². The minimum atomic E-state index is 0.669. The van der Waals surface area contributed by atoms with Gasteiger partial charge in [-0.2, -0.15) is 0 Å². The number of rotatable bonds is 3. The quantitative estimate of drug-likeness (QED) is 0.470. The molecular formula is C9H10N2. The van der Waals surface area contributed by atoms with Gasteiger partial charge in [0, 0.05) is 18.6 Å². The molecule has 1 rings (SSSR count). The highest BCUT2D eigenvalue weighted by molar-refractivity contribution is 5.79. The Morgan fingerprint density at radius 1 is 1.45 bits per heavy atom.